The van der Waals surface area contributed by atoms with Gasteiger partial charge in [0.05, 0.1) is 10.1 Å². The summed E-state index contributed by atoms with van der Waals surface area (Å²) < 4.78 is 11.6. The topological polar surface area (TPSA) is 39.7 Å². The van der Waals surface area contributed by atoms with Crippen LogP contribution in [0.5, 0.6) is 11.5 Å². The van der Waals surface area contributed by atoms with Gasteiger partial charge in [0, 0.05) is 6.54 Å². The van der Waals surface area contributed by atoms with Gasteiger partial charge in [-0.25, -0.2) is 0 Å². The van der Waals surface area contributed by atoms with E-state index in [1.807, 2.05) is 32.9 Å². The summed E-state index contributed by atoms with van der Waals surface area (Å²) in [7, 11) is 0. The summed E-state index contributed by atoms with van der Waals surface area (Å²) in [4.78, 5) is 5.46. The van der Waals surface area contributed by atoms with Crippen LogP contribution in [-0.2, 0) is 11.4 Å². The van der Waals surface area contributed by atoms with Crippen LogP contribution >= 0.6 is 15.9 Å². The minimum absolute atomic E-state index is 0.201. The lowest BCUT2D eigenvalue weighted by Crippen LogP contribution is -2.28. The van der Waals surface area contributed by atoms with Crippen LogP contribution in [-0.4, -0.2) is 12.4 Å². The summed E-state index contributed by atoms with van der Waals surface area (Å²) in [5, 5.41) is 0. The van der Waals surface area contributed by atoms with E-state index in [1.54, 1.807) is 0 Å². The van der Waals surface area contributed by atoms with Gasteiger partial charge in [-0.2, -0.15) is 5.48 Å². The third kappa shape index (κ3) is 3.34. The molecule has 2 rings (SSSR count). The lowest BCUT2D eigenvalue weighted by molar-refractivity contribution is -0.0757. The van der Waals surface area contributed by atoms with Gasteiger partial charge in [0.1, 0.15) is 0 Å². The molecule has 4 nitrogen and oxygen atoms in total. The maximum atomic E-state index is 5.46. The van der Waals surface area contributed by atoms with E-state index in [-0.39, 0.29) is 12.4 Å². The number of ether oxygens (including phenoxy) is 2. The summed E-state index contributed by atoms with van der Waals surface area (Å²) in [6.07, 6.45) is 0. The molecule has 0 amide bonds. The van der Waals surface area contributed by atoms with Gasteiger partial charge in [0.2, 0.25) is 6.79 Å². The Morgan fingerprint density at radius 2 is 2.12 bits per heavy atom. The highest BCUT2D eigenvalue weighted by Gasteiger charge is 2.18. The van der Waals surface area contributed by atoms with Crippen molar-refractivity contribution in [3.8, 4) is 11.5 Å². The number of nitrogens with one attached hydrogen (secondary N) is 1. The summed E-state index contributed by atoms with van der Waals surface area (Å²) in [5.41, 5.74) is 3.82. The molecule has 0 atom stereocenters. The molecule has 17 heavy (non-hydrogen) atoms. The normalized spacial score (nSPS) is 14.1. The second kappa shape index (κ2) is 4.84. The maximum Gasteiger partial charge on any atom is 0.231 e. The van der Waals surface area contributed by atoms with Crippen molar-refractivity contribution in [1.82, 2.24) is 5.48 Å². The van der Waals surface area contributed by atoms with Crippen molar-refractivity contribution in [2.75, 3.05) is 6.79 Å². The standard InChI is InChI=1S/C12H16BrNO3/c1-12(2,3)17-14-6-8-4-9(13)11-10(5-8)15-7-16-11/h4-5,14H,6-7H2,1-3H3. The number of hydrogen-bond acceptors (Lipinski definition) is 4. The average Bonchev–Trinajstić information content (AvgIpc) is 2.64. The quantitative estimate of drug-likeness (QED) is 0.871. The Hall–Kier alpha value is -0.780. The zero-order valence-electron chi connectivity index (χ0n) is 10.2. The Morgan fingerprint density at radius 1 is 1.35 bits per heavy atom. The number of benzene rings is 1. The van der Waals surface area contributed by atoms with Crippen LogP contribution in [0.25, 0.3) is 0 Å². The second-order valence-corrected chi connectivity index (χ2v) is 5.70. The van der Waals surface area contributed by atoms with E-state index in [4.69, 9.17) is 14.3 Å². The van der Waals surface area contributed by atoms with Crippen molar-refractivity contribution >= 4 is 15.9 Å². The van der Waals surface area contributed by atoms with Gasteiger partial charge in [0.15, 0.2) is 11.5 Å². The molecular formula is C12H16BrNO3. The minimum Gasteiger partial charge on any atom is -0.454 e. The third-order valence-electron chi connectivity index (χ3n) is 2.14. The van der Waals surface area contributed by atoms with Crippen molar-refractivity contribution in [3.05, 3.63) is 22.2 Å². The molecule has 0 aromatic heterocycles. The van der Waals surface area contributed by atoms with Crippen LogP contribution in [0.3, 0.4) is 0 Å². The number of halogens is 1. The predicted octanol–water partition coefficient (Wildman–Crippen LogP) is 3.00. The van der Waals surface area contributed by atoms with Gasteiger partial charge in [-0.05, 0) is 54.4 Å². The first kappa shape index (κ1) is 12.7. The minimum atomic E-state index is -0.201. The van der Waals surface area contributed by atoms with Crippen LogP contribution in [0.4, 0.5) is 0 Å². The fourth-order valence-corrected chi connectivity index (χ4v) is 2.06. The molecule has 0 spiro atoms. The predicted molar refractivity (Wildman–Crippen MR) is 67.9 cm³/mol. The van der Waals surface area contributed by atoms with Gasteiger partial charge in [-0.3, -0.25) is 4.84 Å². The van der Waals surface area contributed by atoms with E-state index >= 15 is 0 Å². The largest absolute Gasteiger partial charge is 0.454 e. The van der Waals surface area contributed by atoms with Crippen LogP contribution < -0.4 is 15.0 Å². The Labute approximate surface area is 109 Å². The number of hydroxylamine groups is 1. The molecule has 0 fully saturated rings. The van der Waals surface area contributed by atoms with Gasteiger partial charge < -0.3 is 9.47 Å². The molecule has 0 bridgehead atoms. The van der Waals surface area contributed by atoms with Crippen LogP contribution in [0.15, 0.2) is 16.6 Å². The lowest BCUT2D eigenvalue weighted by Gasteiger charge is -2.19. The van der Waals surface area contributed by atoms with Gasteiger partial charge in [-0.15, -0.1) is 0 Å². The van der Waals surface area contributed by atoms with Crippen molar-refractivity contribution in [2.24, 2.45) is 0 Å². The molecule has 1 aromatic carbocycles. The molecule has 1 heterocycles. The summed E-state index contributed by atoms with van der Waals surface area (Å²) >= 11 is 3.46. The van der Waals surface area contributed by atoms with Crippen molar-refractivity contribution in [2.45, 2.75) is 32.9 Å². The molecule has 1 aliphatic rings. The molecule has 94 valence electrons. The van der Waals surface area contributed by atoms with Gasteiger partial charge in [-0.1, -0.05) is 0 Å². The molecule has 0 saturated heterocycles. The summed E-state index contributed by atoms with van der Waals surface area (Å²) in [6.45, 7) is 6.89. The van der Waals surface area contributed by atoms with Gasteiger partial charge >= 0.3 is 0 Å². The van der Waals surface area contributed by atoms with Crippen LogP contribution in [0.1, 0.15) is 26.3 Å². The third-order valence-corrected chi connectivity index (χ3v) is 2.73. The summed E-state index contributed by atoms with van der Waals surface area (Å²) in [6, 6.07) is 3.94. The molecule has 5 heteroatoms. The second-order valence-electron chi connectivity index (χ2n) is 4.85. The van der Waals surface area contributed by atoms with Crippen molar-refractivity contribution in [3.63, 3.8) is 0 Å². The van der Waals surface area contributed by atoms with Crippen LogP contribution in [0.2, 0.25) is 0 Å². The zero-order valence-corrected chi connectivity index (χ0v) is 11.8. The Bertz CT molecular complexity index is 415. The monoisotopic (exact) mass is 301 g/mol. The van der Waals surface area contributed by atoms with E-state index in [9.17, 15) is 0 Å². The fraction of sp³-hybridized carbons (Fsp3) is 0.500. The number of hydrogen-bond donors (Lipinski definition) is 1. The van der Waals surface area contributed by atoms with E-state index in [0.717, 1.165) is 21.5 Å². The summed E-state index contributed by atoms with van der Waals surface area (Å²) in [5.74, 6) is 1.54. The first-order valence-corrected chi connectivity index (χ1v) is 6.24. The molecule has 0 radical (unpaired) electrons. The number of fused-ring (bicyclic) bond motifs is 1. The molecule has 1 N–H and O–H groups in total. The Balaban J connectivity index is 2.00. The maximum absolute atomic E-state index is 5.46. The van der Waals surface area contributed by atoms with Crippen molar-refractivity contribution < 1.29 is 14.3 Å². The van der Waals surface area contributed by atoms with Crippen molar-refractivity contribution in [1.29, 1.82) is 0 Å². The van der Waals surface area contributed by atoms with Crippen LogP contribution in [0, 0.1) is 0 Å². The van der Waals surface area contributed by atoms with E-state index in [1.165, 1.54) is 0 Å². The molecular weight excluding hydrogens is 286 g/mol. The molecule has 1 aromatic rings. The highest BCUT2D eigenvalue weighted by Crippen LogP contribution is 2.39. The van der Waals surface area contributed by atoms with E-state index in [0.29, 0.717) is 6.54 Å². The Morgan fingerprint density at radius 3 is 2.82 bits per heavy atom. The van der Waals surface area contributed by atoms with E-state index in [2.05, 4.69) is 21.4 Å². The lowest BCUT2D eigenvalue weighted by atomic mass is 10.2. The van der Waals surface area contributed by atoms with E-state index < -0.39 is 0 Å². The smallest absolute Gasteiger partial charge is 0.231 e. The molecule has 0 saturated carbocycles. The average molecular weight is 302 g/mol. The SMILES string of the molecule is CC(C)(C)ONCc1cc(Br)c2c(c1)OCO2. The molecule has 0 unspecified atom stereocenters. The molecule has 1 aliphatic heterocycles. The Kier molecular flexibility index (Phi) is 3.61. The first-order chi connectivity index (χ1) is 7.96. The first-order valence-electron chi connectivity index (χ1n) is 5.44. The molecule has 0 aliphatic carbocycles. The highest BCUT2D eigenvalue weighted by molar-refractivity contribution is 9.10. The highest BCUT2D eigenvalue weighted by atomic mass is 79.9. The van der Waals surface area contributed by atoms with Gasteiger partial charge in [0.25, 0.3) is 0 Å². The fourth-order valence-electron chi connectivity index (χ4n) is 1.46. The number of rotatable bonds is 3. The zero-order chi connectivity index (χ0) is 12.5.